The first-order valence-corrected chi connectivity index (χ1v) is 7.70. The zero-order valence-corrected chi connectivity index (χ0v) is 12.5. The van der Waals surface area contributed by atoms with Crippen LogP contribution in [0.1, 0.15) is 28.1 Å². The highest BCUT2D eigenvalue weighted by molar-refractivity contribution is 7.12. The summed E-state index contributed by atoms with van der Waals surface area (Å²) in [4.78, 5) is 14.9. The van der Waals surface area contributed by atoms with E-state index in [2.05, 4.69) is 11.8 Å². The largest absolute Gasteiger partial charge is 0.381 e. The molecule has 4 nitrogen and oxygen atoms in total. The zero-order chi connectivity index (χ0) is 14.4. The van der Waals surface area contributed by atoms with Crippen LogP contribution in [-0.4, -0.2) is 44.2 Å². The molecule has 0 bridgehead atoms. The fraction of sp³-hybridized carbons (Fsp3) is 0.533. The summed E-state index contributed by atoms with van der Waals surface area (Å²) in [6.07, 6.45) is 2.21. The summed E-state index contributed by atoms with van der Waals surface area (Å²) >= 11 is 1.43. The van der Waals surface area contributed by atoms with Gasteiger partial charge in [-0.05, 0) is 30.2 Å². The van der Waals surface area contributed by atoms with Crippen LogP contribution in [0.15, 0.2) is 11.4 Å². The Kier molecular flexibility index (Phi) is 5.60. The van der Waals surface area contributed by atoms with Gasteiger partial charge in [0.2, 0.25) is 0 Å². The Morgan fingerprint density at radius 3 is 3.20 bits per heavy atom. The van der Waals surface area contributed by atoms with Gasteiger partial charge in [-0.15, -0.1) is 11.3 Å². The average molecular weight is 292 g/mol. The second kappa shape index (κ2) is 7.44. The normalized spacial score (nSPS) is 18.2. The molecule has 1 aromatic rings. The van der Waals surface area contributed by atoms with Crippen LogP contribution in [0.5, 0.6) is 0 Å². The second-order valence-corrected chi connectivity index (χ2v) is 5.85. The van der Waals surface area contributed by atoms with Crippen molar-refractivity contribution in [2.75, 3.05) is 33.4 Å². The standard InChI is InChI=1S/C15H20N2O2S/c1-17(10-12-4-3-8-19-11-12)15(18)14-13(5-2-7-16)6-9-20-14/h6,9,12H,3-4,7-8,10-11,16H2,1H3. The van der Waals surface area contributed by atoms with Crippen molar-refractivity contribution in [1.29, 1.82) is 0 Å². The van der Waals surface area contributed by atoms with Crippen molar-refractivity contribution in [2.45, 2.75) is 12.8 Å². The van der Waals surface area contributed by atoms with Gasteiger partial charge in [-0.25, -0.2) is 0 Å². The van der Waals surface area contributed by atoms with Crippen molar-refractivity contribution in [3.05, 3.63) is 21.9 Å². The number of nitrogens with two attached hydrogens (primary N) is 1. The Morgan fingerprint density at radius 1 is 1.65 bits per heavy atom. The Morgan fingerprint density at radius 2 is 2.50 bits per heavy atom. The number of thiophene rings is 1. The van der Waals surface area contributed by atoms with Crippen LogP contribution < -0.4 is 5.73 Å². The predicted molar refractivity (Wildman–Crippen MR) is 80.8 cm³/mol. The molecule has 1 saturated heterocycles. The van der Waals surface area contributed by atoms with E-state index in [4.69, 9.17) is 10.5 Å². The van der Waals surface area contributed by atoms with Crippen molar-refractivity contribution in [2.24, 2.45) is 11.7 Å². The molecule has 2 rings (SSSR count). The quantitative estimate of drug-likeness (QED) is 0.860. The number of amides is 1. The minimum atomic E-state index is 0.0342. The summed E-state index contributed by atoms with van der Waals surface area (Å²) in [7, 11) is 1.84. The lowest BCUT2D eigenvalue weighted by molar-refractivity contribution is 0.0390. The van der Waals surface area contributed by atoms with Gasteiger partial charge in [0.05, 0.1) is 13.2 Å². The smallest absolute Gasteiger partial charge is 0.264 e. The summed E-state index contributed by atoms with van der Waals surface area (Å²) in [5.41, 5.74) is 6.15. The number of carbonyl (C=O) groups is 1. The van der Waals surface area contributed by atoms with Gasteiger partial charge in [0.25, 0.3) is 5.91 Å². The van der Waals surface area contributed by atoms with E-state index in [-0.39, 0.29) is 5.91 Å². The molecule has 20 heavy (non-hydrogen) atoms. The number of rotatable bonds is 3. The molecule has 1 aliphatic heterocycles. The molecule has 2 N–H and O–H groups in total. The molecule has 1 aliphatic rings. The highest BCUT2D eigenvalue weighted by Crippen LogP contribution is 2.20. The minimum absolute atomic E-state index is 0.0342. The van der Waals surface area contributed by atoms with Crippen molar-refractivity contribution in [1.82, 2.24) is 4.90 Å². The van der Waals surface area contributed by atoms with Crippen LogP contribution in [0.4, 0.5) is 0 Å². The fourth-order valence-corrected chi connectivity index (χ4v) is 3.16. The lowest BCUT2D eigenvalue weighted by atomic mass is 10.0. The van der Waals surface area contributed by atoms with Crippen LogP contribution in [0.25, 0.3) is 0 Å². The molecular formula is C15H20N2O2S. The van der Waals surface area contributed by atoms with Gasteiger partial charge in [-0.1, -0.05) is 11.8 Å². The third kappa shape index (κ3) is 3.83. The molecule has 108 valence electrons. The fourth-order valence-electron chi connectivity index (χ4n) is 2.31. The molecule has 0 saturated carbocycles. The zero-order valence-electron chi connectivity index (χ0n) is 11.7. The van der Waals surface area contributed by atoms with Gasteiger partial charge in [0.1, 0.15) is 4.88 Å². The van der Waals surface area contributed by atoms with Gasteiger partial charge < -0.3 is 15.4 Å². The SMILES string of the molecule is CN(CC1CCCOC1)C(=O)c1sccc1C#CCN. The lowest BCUT2D eigenvalue weighted by Gasteiger charge is -2.27. The molecular weight excluding hydrogens is 272 g/mol. The van der Waals surface area contributed by atoms with Crippen molar-refractivity contribution in [3.8, 4) is 11.8 Å². The molecule has 5 heteroatoms. The van der Waals surface area contributed by atoms with Crippen LogP contribution in [-0.2, 0) is 4.74 Å². The van der Waals surface area contributed by atoms with E-state index < -0.39 is 0 Å². The summed E-state index contributed by atoms with van der Waals surface area (Å²) in [6, 6.07) is 1.87. The van der Waals surface area contributed by atoms with E-state index in [9.17, 15) is 4.79 Å². The number of hydrogen-bond donors (Lipinski definition) is 1. The Labute approximate surface area is 123 Å². The number of ether oxygens (including phenoxy) is 1. The molecule has 0 radical (unpaired) electrons. The molecule has 1 atom stereocenters. The van der Waals surface area contributed by atoms with E-state index in [0.29, 0.717) is 17.3 Å². The molecule has 1 fully saturated rings. The van der Waals surface area contributed by atoms with E-state index in [1.807, 2.05) is 18.5 Å². The summed E-state index contributed by atoms with van der Waals surface area (Å²) in [6.45, 7) is 2.64. The van der Waals surface area contributed by atoms with Gasteiger partial charge in [0, 0.05) is 25.8 Å². The van der Waals surface area contributed by atoms with Crippen LogP contribution in [0.2, 0.25) is 0 Å². The Bertz CT molecular complexity index is 509. The number of hydrogen-bond acceptors (Lipinski definition) is 4. The lowest BCUT2D eigenvalue weighted by Crippen LogP contribution is -2.35. The number of nitrogens with zero attached hydrogens (tertiary/aromatic N) is 1. The first-order chi connectivity index (χ1) is 9.72. The van der Waals surface area contributed by atoms with Gasteiger partial charge in [0.15, 0.2) is 0 Å². The van der Waals surface area contributed by atoms with Crippen LogP contribution in [0.3, 0.4) is 0 Å². The molecule has 2 heterocycles. The highest BCUT2D eigenvalue weighted by Gasteiger charge is 2.21. The van der Waals surface area contributed by atoms with E-state index >= 15 is 0 Å². The maximum atomic E-state index is 12.5. The van der Waals surface area contributed by atoms with Crippen molar-refractivity contribution < 1.29 is 9.53 Å². The second-order valence-electron chi connectivity index (χ2n) is 4.94. The van der Waals surface area contributed by atoms with Crippen molar-refractivity contribution in [3.63, 3.8) is 0 Å². The van der Waals surface area contributed by atoms with Gasteiger partial charge in [-0.2, -0.15) is 0 Å². The molecule has 1 amide bonds. The summed E-state index contributed by atoms with van der Waals surface area (Å²) in [5.74, 6) is 6.23. The third-order valence-corrected chi connectivity index (χ3v) is 4.22. The maximum absolute atomic E-state index is 12.5. The Balaban J connectivity index is 2.01. The minimum Gasteiger partial charge on any atom is -0.381 e. The average Bonchev–Trinajstić information content (AvgIpc) is 2.93. The van der Waals surface area contributed by atoms with E-state index in [0.717, 1.165) is 38.2 Å². The van der Waals surface area contributed by atoms with Gasteiger partial charge >= 0.3 is 0 Å². The maximum Gasteiger partial charge on any atom is 0.264 e. The third-order valence-electron chi connectivity index (χ3n) is 3.32. The summed E-state index contributed by atoms with van der Waals surface area (Å²) in [5, 5.41) is 1.89. The molecule has 1 aromatic heterocycles. The molecule has 1 unspecified atom stereocenters. The first kappa shape index (κ1) is 15.0. The molecule has 0 spiro atoms. The molecule has 0 aliphatic carbocycles. The predicted octanol–water partition coefficient (Wildman–Crippen LogP) is 1.56. The number of carbonyl (C=O) groups excluding carboxylic acids is 1. The summed E-state index contributed by atoms with van der Waals surface area (Å²) < 4.78 is 5.46. The first-order valence-electron chi connectivity index (χ1n) is 6.82. The van der Waals surface area contributed by atoms with E-state index in [1.54, 1.807) is 4.90 Å². The van der Waals surface area contributed by atoms with Crippen LogP contribution >= 0.6 is 11.3 Å². The Hall–Kier alpha value is -1.35. The van der Waals surface area contributed by atoms with Crippen molar-refractivity contribution >= 4 is 17.2 Å². The highest BCUT2D eigenvalue weighted by atomic mass is 32.1. The topological polar surface area (TPSA) is 55.6 Å². The van der Waals surface area contributed by atoms with E-state index in [1.165, 1.54) is 11.3 Å². The monoisotopic (exact) mass is 292 g/mol. The molecule has 0 aromatic carbocycles. The van der Waals surface area contributed by atoms with Crippen LogP contribution in [0, 0.1) is 17.8 Å². The van der Waals surface area contributed by atoms with Gasteiger partial charge in [-0.3, -0.25) is 4.79 Å².